The van der Waals surface area contributed by atoms with Gasteiger partial charge in [0, 0.05) is 12.0 Å². The Hall–Kier alpha value is -1.83. The largest absolute Gasteiger partial charge is 0.496 e. The second-order valence-corrected chi connectivity index (χ2v) is 2.97. The molecule has 3 nitrogen and oxygen atoms in total. The Morgan fingerprint density at radius 3 is 2.62 bits per heavy atom. The van der Waals surface area contributed by atoms with Gasteiger partial charge in [-0.2, -0.15) is 14.0 Å². The summed E-state index contributed by atoms with van der Waals surface area (Å²) in [6.45, 7) is -2.88. The van der Waals surface area contributed by atoms with E-state index < -0.39 is 6.61 Å². The van der Waals surface area contributed by atoms with Crippen LogP contribution in [-0.2, 0) is 6.42 Å². The second-order valence-electron chi connectivity index (χ2n) is 2.97. The van der Waals surface area contributed by atoms with E-state index in [-0.39, 0.29) is 12.2 Å². The molecule has 0 saturated heterocycles. The quantitative estimate of drug-likeness (QED) is 0.776. The lowest BCUT2D eigenvalue weighted by atomic mass is 10.1. The molecule has 16 heavy (non-hydrogen) atoms. The van der Waals surface area contributed by atoms with Crippen molar-refractivity contribution in [1.82, 2.24) is 0 Å². The van der Waals surface area contributed by atoms with Crippen molar-refractivity contribution in [2.75, 3.05) is 7.11 Å². The third kappa shape index (κ3) is 3.09. The zero-order valence-corrected chi connectivity index (χ0v) is 8.74. The van der Waals surface area contributed by atoms with Crippen molar-refractivity contribution < 1.29 is 18.3 Å². The predicted molar refractivity (Wildman–Crippen MR) is 53.6 cm³/mol. The molecule has 0 unspecified atom stereocenters. The summed E-state index contributed by atoms with van der Waals surface area (Å²) in [7, 11) is 1.44. The van der Waals surface area contributed by atoms with Gasteiger partial charge < -0.3 is 9.47 Å². The van der Waals surface area contributed by atoms with Crippen molar-refractivity contribution in [1.29, 1.82) is 5.26 Å². The number of hydrogen-bond donors (Lipinski definition) is 0. The SMILES string of the molecule is COc1cccc(OC(F)F)c1CCC#N. The number of hydrogen-bond acceptors (Lipinski definition) is 3. The first-order chi connectivity index (χ1) is 7.69. The molecule has 1 rings (SSSR count). The Kier molecular flexibility index (Phi) is 4.52. The molecule has 0 aliphatic heterocycles. The van der Waals surface area contributed by atoms with Gasteiger partial charge in [-0.3, -0.25) is 0 Å². The van der Waals surface area contributed by atoms with Gasteiger partial charge in [0.25, 0.3) is 0 Å². The van der Waals surface area contributed by atoms with Crippen LogP contribution in [0.15, 0.2) is 18.2 Å². The van der Waals surface area contributed by atoms with Gasteiger partial charge in [0.15, 0.2) is 0 Å². The maximum Gasteiger partial charge on any atom is 0.387 e. The minimum absolute atomic E-state index is 0.0598. The van der Waals surface area contributed by atoms with Gasteiger partial charge in [-0.25, -0.2) is 0 Å². The summed E-state index contributed by atoms with van der Waals surface area (Å²) in [5.74, 6) is 0.512. The summed E-state index contributed by atoms with van der Waals surface area (Å²) in [6, 6.07) is 6.59. The minimum atomic E-state index is -2.88. The standard InChI is InChI=1S/C11H11F2NO2/c1-15-9-5-2-6-10(16-11(12)13)8(9)4-3-7-14/h2,5-6,11H,3-4H2,1H3. The molecule has 0 saturated carbocycles. The highest BCUT2D eigenvalue weighted by Gasteiger charge is 2.13. The number of nitrogens with zero attached hydrogens (tertiary/aromatic N) is 1. The van der Waals surface area contributed by atoms with Gasteiger partial charge in [0.2, 0.25) is 0 Å². The fraction of sp³-hybridized carbons (Fsp3) is 0.364. The fourth-order valence-corrected chi connectivity index (χ4v) is 1.37. The molecular weight excluding hydrogens is 216 g/mol. The Labute approximate surface area is 92.2 Å². The van der Waals surface area contributed by atoms with Crippen LogP contribution in [0.4, 0.5) is 8.78 Å². The number of methoxy groups -OCH3 is 1. The van der Waals surface area contributed by atoms with Crippen LogP contribution in [0.2, 0.25) is 0 Å². The maximum absolute atomic E-state index is 12.1. The molecule has 0 atom stereocenters. The first kappa shape index (κ1) is 12.2. The molecule has 0 aromatic heterocycles. The van der Waals surface area contributed by atoms with E-state index in [0.29, 0.717) is 17.7 Å². The van der Waals surface area contributed by atoms with Crippen molar-refractivity contribution in [2.24, 2.45) is 0 Å². The smallest absolute Gasteiger partial charge is 0.387 e. The predicted octanol–water partition coefficient (Wildman–Crippen LogP) is 2.75. The van der Waals surface area contributed by atoms with Crippen molar-refractivity contribution in [3.05, 3.63) is 23.8 Å². The van der Waals surface area contributed by atoms with Crippen LogP contribution in [0.25, 0.3) is 0 Å². The van der Waals surface area contributed by atoms with Gasteiger partial charge in [-0.05, 0) is 18.6 Å². The first-order valence-electron chi connectivity index (χ1n) is 4.66. The van der Waals surface area contributed by atoms with Gasteiger partial charge in [0.1, 0.15) is 11.5 Å². The van der Waals surface area contributed by atoms with Gasteiger partial charge >= 0.3 is 6.61 Å². The second kappa shape index (κ2) is 5.91. The van der Waals surface area contributed by atoms with Crippen molar-refractivity contribution in [3.63, 3.8) is 0 Å². The topological polar surface area (TPSA) is 42.2 Å². The van der Waals surface area contributed by atoms with Crippen LogP contribution < -0.4 is 9.47 Å². The average Bonchev–Trinajstić information content (AvgIpc) is 2.26. The highest BCUT2D eigenvalue weighted by Crippen LogP contribution is 2.30. The number of alkyl halides is 2. The molecule has 0 aliphatic carbocycles. The lowest BCUT2D eigenvalue weighted by molar-refractivity contribution is -0.0505. The molecule has 0 spiro atoms. The van der Waals surface area contributed by atoms with Crippen LogP contribution in [0.5, 0.6) is 11.5 Å². The van der Waals surface area contributed by atoms with Crippen LogP contribution in [-0.4, -0.2) is 13.7 Å². The Morgan fingerprint density at radius 2 is 2.06 bits per heavy atom. The Morgan fingerprint density at radius 1 is 1.38 bits per heavy atom. The van der Waals surface area contributed by atoms with E-state index in [0.717, 1.165) is 0 Å². The molecule has 0 radical (unpaired) electrons. The highest BCUT2D eigenvalue weighted by atomic mass is 19.3. The van der Waals surface area contributed by atoms with E-state index in [1.54, 1.807) is 12.1 Å². The lowest BCUT2D eigenvalue weighted by Crippen LogP contribution is -2.05. The van der Waals surface area contributed by atoms with Gasteiger partial charge in [0.05, 0.1) is 13.2 Å². The highest BCUT2D eigenvalue weighted by molar-refractivity contribution is 5.45. The minimum Gasteiger partial charge on any atom is -0.496 e. The molecule has 0 N–H and O–H groups in total. The molecular formula is C11H11F2NO2. The Bertz CT molecular complexity index is 388. The molecule has 0 aliphatic rings. The molecule has 0 amide bonds. The van der Waals surface area contributed by atoms with E-state index in [9.17, 15) is 8.78 Å². The average molecular weight is 227 g/mol. The van der Waals surface area contributed by atoms with Crippen molar-refractivity contribution in [2.45, 2.75) is 19.5 Å². The molecule has 86 valence electrons. The molecule has 1 aromatic rings. The summed E-state index contributed by atoms with van der Waals surface area (Å²) in [4.78, 5) is 0. The third-order valence-electron chi connectivity index (χ3n) is 2.01. The van der Waals surface area contributed by atoms with Crippen molar-refractivity contribution in [3.8, 4) is 17.6 Å². The van der Waals surface area contributed by atoms with Gasteiger partial charge in [-0.15, -0.1) is 0 Å². The summed E-state index contributed by atoms with van der Waals surface area (Å²) in [5, 5.41) is 8.48. The van der Waals surface area contributed by atoms with E-state index in [1.165, 1.54) is 13.2 Å². The third-order valence-corrected chi connectivity index (χ3v) is 2.01. The Balaban J connectivity index is 3.00. The first-order valence-corrected chi connectivity index (χ1v) is 4.66. The van der Waals surface area contributed by atoms with Crippen LogP contribution in [0, 0.1) is 11.3 Å². The number of rotatable bonds is 5. The van der Waals surface area contributed by atoms with Crippen LogP contribution in [0.1, 0.15) is 12.0 Å². The fourth-order valence-electron chi connectivity index (χ4n) is 1.37. The summed E-state index contributed by atoms with van der Waals surface area (Å²) < 4.78 is 33.7. The zero-order valence-electron chi connectivity index (χ0n) is 8.74. The molecule has 0 fully saturated rings. The molecule has 1 aromatic carbocycles. The molecule has 0 bridgehead atoms. The maximum atomic E-state index is 12.1. The zero-order chi connectivity index (χ0) is 12.0. The number of halogens is 2. The summed E-state index contributed by atoms with van der Waals surface area (Å²) >= 11 is 0. The number of ether oxygens (including phenoxy) is 2. The lowest BCUT2D eigenvalue weighted by Gasteiger charge is -2.13. The van der Waals surface area contributed by atoms with E-state index >= 15 is 0 Å². The summed E-state index contributed by atoms with van der Waals surface area (Å²) in [6.07, 6.45) is 0.544. The van der Waals surface area contributed by atoms with E-state index in [1.807, 2.05) is 6.07 Å². The molecule has 0 heterocycles. The normalized spacial score (nSPS) is 9.94. The summed E-state index contributed by atoms with van der Waals surface area (Å²) in [5.41, 5.74) is 0.492. The van der Waals surface area contributed by atoms with Crippen molar-refractivity contribution >= 4 is 0 Å². The number of benzene rings is 1. The van der Waals surface area contributed by atoms with Crippen LogP contribution >= 0.6 is 0 Å². The van der Waals surface area contributed by atoms with E-state index in [2.05, 4.69) is 4.74 Å². The van der Waals surface area contributed by atoms with E-state index in [4.69, 9.17) is 10.00 Å². The van der Waals surface area contributed by atoms with Gasteiger partial charge in [-0.1, -0.05) is 6.07 Å². The molecule has 5 heteroatoms. The number of nitriles is 1. The monoisotopic (exact) mass is 227 g/mol. The van der Waals surface area contributed by atoms with Crippen LogP contribution in [0.3, 0.4) is 0 Å².